The number of amides is 2. The summed E-state index contributed by atoms with van der Waals surface area (Å²) in [4.78, 5) is 27.3. The highest BCUT2D eigenvalue weighted by Gasteiger charge is 2.34. The van der Waals surface area contributed by atoms with Crippen molar-refractivity contribution in [3.63, 3.8) is 0 Å². The fourth-order valence-corrected chi connectivity index (χ4v) is 3.92. The number of likely N-dealkylation sites (tertiary alicyclic amines) is 1. The molecule has 1 N–H and O–H groups in total. The summed E-state index contributed by atoms with van der Waals surface area (Å²) in [5, 5.41) is 7.82. The Hall–Kier alpha value is -2.34. The van der Waals surface area contributed by atoms with Crippen LogP contribution in [0, 0.1) is 12.8 Å². The van der Waals surface area contributed by atoms with Crippen molar-refractivity contribution in [2.24, 2.45) is 5.92 Å². The molecule has 1 saturated carbocycles. The van der Waals surface area contributed by atoms with E-state index in [1.54, 1.807) is 16.5 Å². The number of para-hydroxylation sites is 1. The van der Waals surface area contributed by atoms with E-state index in [9.17, 15) is 9.59 Å². The Labute approximate surface area is 163 Å². The number of aryl methyl sites for hydroxylation is 1. The minimum Gasteiger partial charge on any atom is -0.353 e. The Bertz CT molecular complexity index is 860. The first-order valence-electron chi connectivity index (χ1n) is 9.45. The molecule has 4 rings (SSSR count). The molecular weight excluding hydrogens is 364 g/mol. The zero-order valence-electron chi connectivity index (χ0n) is 15.3. The van der Waals surface area contributed by atoms with Crippen molar-refractivity contribution in [3.8, 4) is 5.69 Å². The van der Waals surface area contributed by atoms with Crippen LogP contribution in [0.5, 0.6) is 0 Å². The van der Waals surface area contributed by atoms with Gasteiger partial charge < -0.3 is 10.2 Å². The van der Waals surface area contributed by atoms with E-state index >= 15 is 0 Å². The van der Waals surface area contributed by atoms with Crippen LogP contribution in [0.4, 0.5) is 0 Å². The van der Waals surface area contributed by atoms with Gasteiger partial charge in [0.2, 0.25) is 5.91 Å². The monoisotopic (exact) mass is 386 g/mol. The molecule has 1 aromatic carbocycles. The minimum atomic E-state index is -0.149. The fraction of sp³-hybridized carbons (Fsp3) is 0.450. The summed E-state index contributed by atoms with van der Waals surface area (Å²) in [5.41, 5.74) is 1.83. The van der Waals surface area contributed by atoms with Crippen molar-refractivity contribution in [2.75, 3.05) is 13.1 Å². The largest absolute Gasteiger partial charge is 0.353 e. The van der Waals surface area contributed by atoms with Gasteiger partial charge in [-0.1, -0.05) is 29.8 Å². The Morgan fingerprint density at radius 3 is 2.63 bits per heavy atom. The zero-order chi connectivity index (χ0) is 19.0. The summed E-state index contributed by atoms with van der Waals surface area (Å²) in [6.07, 6.45) is 3.76. The summed E-state index contributed by atoms with van der Waals surface area (Å²) in [6.45, 7) is 2.86. The topological polar surface area (TPSA) is 67.2 Å². The van der Waals surface area contributed by atoms with Crippen LogP contribution in [-0.4, -0.2) is 45.6 Å². The molecule has 142 valence electrons. The molecule has 27 heavy (non-hydrogen) atoms. The predicted molar refractivity (Wildman–Crippen MR) is 103 cm³/mol. The molecule has 7 heteroatoms. The lowest BCUT2D eigenvalue weighted by molar-refractivity contribution is -0.126. The average molecular weight is 387 g/mol. The number of hydrogen-bond acceptors (Lipinski definition) is 3. The lowest BCUT2D eigenvalue weighted by Gasteiger charge is -2.32. The first-order chi connectivity index (χ1) is 13.0. The molecule has 1 unspecified atom stereocenters. The lowest BCUT2D eigenvalue weighted by Crippen LogP contribution is -2.46. The minimum absolute atomic E-state index is 0.0674. The SMILES string of the molecule is Cc1nn(-c2ccccc2)c(Cl)c1C(=O)N1CCCC(C(=O)NC2CC2)C1. The summed E-state index contributed by atoms with van der Waals surface area (Å²) in [7, 11) is 0. The Morgan fingerprint density at radius 2 is 1.93 bits per heavy atom. The highest BCUT2D eigenvalue weighted by molar-refractivity contribution is 6.33. The molecule has 1 aliphatic carbocycles. The summed E-state index contributed by atoms with van der Waals surface area (Å²) in [6, 6.07) is 9.84. The van der Waals surface area contributed by atoms with Gasteiger partial charge in [-0.3, -0.25) is 9.59 Å². The van der Waals surface area contributed by atoms with Gasteiger partial charge in [-0.25, -0.2) is 4.68 Å². The average Bonchev–Trinajstić information content (AvgIpc) is 3.45. The van der Waals surface area contributed by atoms with Gasteiger partial charge >= 0.3 is 0 Å². The van der Waals surface area contributed by atoms with Crippen molar-refractivity contribution >= 4 is 23.4 Å². The molecule has 2 aromatic rings. The molecule has 0 bridgehead atoms. The van der Waals surface area contributed by atoms with Gasteiger partial charge in [-0.2, -0.15) is 5.10 Å². The van der Waals surface area contributed by atoms with Crippen molar-refractivity contribution in [2.45, 2.75) is 38.6 Å². The lowest BCUT2D eigenvalue weighted by atomic mass is 9.96. The maximum atomic E-state index is 13.1. The molecule has 1 aromatic heterocycles. The van der Waals surface area contributed by atoms with Gasteiger partial charge in [0.05, 0.1) is 22.9 Å². The second-order valence-corrected chi connectivity index (χ2v) is 7.73. The third kappa shape index (κ3) is 3.72. The number of carbonyl (C=O) groups is 2. The molecule has 2 aliphatic rings. The number of halogens is 1. The summed E-state index contributed by atoms with van der Waals surface area (Å²) < 4.78 is 1.59. The fourth-order valence-electron chi connectivity index (χ4n) is 3.56. The van der Waals surface area contributed by atoms with E-state index in [0.29, 0.717) is 35.5 Å². The summed E-state index contributed by atoms with van der Waals surface area (Å²) >= 11 is 6.53. The molecule has 2 heterocycles. The van der Waals surface area contributed by atoms with Crippen molar-refractivity contribution < 1.29 is 9.59 Å². The van der Waals surface area contributed by atoms with Gasteiger partial charge in [0.1, 0.15) is 5.15 Å². The molecule has 6 nitrogen and oxygen atoms in total. The number of nitrogens with one attached hydrogen (secondary N) is 1. The zero-order valence-corrected chi connectivity index (χ0v) is 16.1. The van der Waals surface area contributed by atoms with Gasteiger partial charge in [-0.05, 0) is 44.7 Å². The summed E-state index contributed by atoms with van der Waals surface area (Å²) in [5.74, 6) is -0.229. The van der Waals surface area contributed by atoms with Crippen molar-refractivity contribution in [1.82, 2.24) is 20.0 Å². The van der Waals surface area contributed by atoms with Gasteiger partial charge in [0.15, 0.2) is 0 Å². The number of carbonyl (C=O) groups excluding carboxylic acids is 2. The van der Waals surface area contributed by atoms with Crippen LogP contribution in [0.15, 0.2) is 30.3 Å². The van der Waals surface area contributed by atoms with Crippen LogP contribution in [0.2, 0.25) is 5.15 Å². The molecule has 2 fully saturated rings. The molecule has 1 saturated heterocycles. The standard InChI is InChI=1S/C20H23ClN4O2/c1-13-17(18(21)25(23-13)16-7-3-2-4-8-16)20(27)24-11-5-6-14(12-24)19(26)22-15-9-10-15/h2-4,7-8,14-15H,5-6,9-12H2,1H3,(H,22,26). The van der Waals surface area contributed by atoms with Gasteiger partial charge in [0.25, 0.3) is 5.91 Å². The molecule has 2 amide bonds. The molecule has 0 radical (unpaired) electrons. The van der Waals surface area contributed by atoms with Crippen LogP contribution in [-0.2, 0) is 4.79 Å². The number of rotatable bonds is 4. The van der Waals surface area contributed by atoms with E-state index in [0.717, 1.165) is 31.4 Å². The van der Waals surface area contributed by atoms with E-state index in [4.69, 9.17) is 11.6 Å². The first-order valence-corrected chi connectivity index (χ1v) is 9.82. The van der Waals surface area contributed by atoms with Crippen LogP contribution in [0.3, 0.4) is 0 Å². The smallest absolute Gasteiger partial charge is 0.258 e. The highest BCUT2D eigenvalue weighted by Crippen LogP contribution is 2.27. The van der Waals surface area contributed by atoms with Crippen LogP contribution >= 0.6 is 11.6 Å². The van der Waals surface area contributed by atoms with Crippen LogP contribution in [0.25, 0.3) is 5.69 Å². The van der Waals surface area contributed by atoms with E-state index in [2.05, 4.69) is 10.4 Å². The van der Waals surface area contributed by atoms with E-state index < -0.39 is 0 Å². The maximum Gasteiger partial charge on any atom is 0.258 e. The van der Waals surface area contributed by atoms with E-state index in [1.165, 1.54) is 0 Å². The third-order valence-corrected chi connectivity index (χ3v) is 5.57. The number of aromatic nitrogens is 2. The second-order valence-electron chi connectivity index (χ2n) is 7.37. The number of benzene rings is 1. The Balaban J connectivity index is 1.53. The molecular formula is C20H23ClN4O2. The second kappa shape index (κ2) is 7.35. The molecule has 0 spiro atoms. The molecule has 1 aliphatic heterocycles. The van der Waals surface area contributed by atoms with Crippen LogP contribution in [0.1, 0.15) is 41.7 Å². The predicted octanol–water partition coefficient (Wildman–Crippen LogP) is 2.96. The normalized spacial score (nSPS) is 19.8. The Kier molecular flexibility index (Phi) is 4.91. The van der Waals surface area contributed by atoms with Gasteiger partial charge in [-0.15, -0.1) is 0 Å². The number of hydrogen-bond donors (Lipinski definition) is 1. The highest BCUT2D eigenvalue weighted by atomic mass is 35.5. The van der Waals surface area contributed by atoms with Crippen LogP contribution < -0.4 is 5.32 Å². The van der Waals surface area contributed by atoms with Crippen molar-refractivity contribution in [3.05, 3.63) is 46.7 Å². The van der Waals surface area contributed by atoms with Crippen molar-refractivity contribution in [1.29, 1.82) is 0 Å². The number of nitrogens with zero attached hydrogens (tertiary/aromatic N) is 3. The Morgan fingerprint density at radius 1 is 1.19 bits per heavy atom. The van der Waals surface area contributed by atoms with Gasteiger partial charge in [0, 0.05) is 19.1 Å². The third-order valence-electron chi connectivity index (χ3n) is 5.22. The number of piperidine rings is 1. The maximum absolute atomic E-state index is 13.1. The first kappa shape index (κ1) is 18.0. The molecule has 1 atom stereocenters. The van der Waals surface area contributed by atoms with E-state index in [1.807, 2.05) is 30.3 Å². The van der Waals surface area contributed by atoms with E-state index in [-0.39, 0.29) is 17.7 Å². The quantitative estimate of drug-likeness (QED) is 0.878.